The van der Waals surface area contributed by atoms with E-state index in [0.717, 1.165) is 12.8 Å². The Balaban J connectivity index is 3.82. The largest absolute Gasteiger partial charge is 0.373 e. The Morgan fingerprint density at radius 1 is 1.31 bits per heavy atom. The average Bonchev–Trinajstić information content (AvgIpc) is 2.13. The van der Waals surface area contributed by atoms with Gasteiger partial charge in [-0.15, -0.1) is 23.2 Å². The van der Waals surface area contributed by atoms with E-state index in [1.54, 1.807) is 0 Å². The summed E-state index contributed by atoms with van der Waals surface area (Å²) in [6.45, 7) is 4.24. The van der Waals surface area contributed by atoms with E-state index >= 15 is 0 Å². The summed E-state index contributed by atoms with van der Waals surface area (Å²) in [6.07, 6.45) is 2.60. The highest BCUT2D eigenvalue weighted by molar-refractivity contribution is 14.1. The van der Waals surface area contributed by atoms with Gasteiger partial charge in [0.25, 0.3) is 0 Å². The van der Waals surface area contributed by atoms with Crippen molar-refractivity contribution in [3.8, 4) is 0 Å². The number of hydrogen-bond donors (Lipinski definition) is 0. The Labute approximate surface area is 105 Å². The van der Waals surface area contributed by atoms with Crippen molar-refractivity contribution in [1.82, 2.24) is 0 Å². The first kappa shape index (κ1) is 14.3. The van der Waals surface area contributed by atoms with E-state index in [1.807, 2.05) is 0 Å². The fourth-order valence-electron chi connectivity index (χ4n) is 1.09. The fraction of sp³-hybridized carbons (Fsp3) is 1.00. The predicted molar refractivity (Wildman–Crippen MR) is 68.5 cm³/mol. The Bertz CT molecular complexity index is 124. The van der Waals surface area contributed by atoms with E-state index in [0.29, 0.717) is 15.7 Å². The van der Waals surface area contributed by atoms with Gasteiger partial charge in [-0.3, -0.25) is 0 Å². The van der Waals surface area contributed by atoms with Crippen LogP contribution < -0.4 is 0 Å². The maximum atomic E-state index is 5.80. The SMILES string of the molecule is CCCC(C)OC(CCl)C(I)CCl. The molecule has 0 bridgehead atoms. The zero-order valence-corrected chi connectivity index (χ0v) is 11.8. The molecule has 0 radical (unpaired) electrons. The molecular weight excluding hydrogens is 322 g/mol. The Morgan fingerprint density at radius 2 is 1.92 bits per heavy atom. The van der Waals surface area contributed by atoms with Crippen molar-refractivity contribution in [3.63, 3.8) is 0 Å². The Morgan fingerprint density at radius 3 is 2.31 bits per heavy atom. The molecule has 80 valence electrons. The van der Waals surface area contributed by atoms with Crippen LogP contribution in [0, 0.1) is 0 Å². The predicted octanol–water partition coefficient (Wildman–Crippen LogP) is 3.84. The van der Waals surface area contributed by atoms with Gasteiger partial charge in [0.05, 0.1) is 16.1 Å². The van der Waals surface area contributed by atoms with Gasteiger partial charge in [0.15, 0.2) is 0 Å². The van der Waals surface area contributed by atoms with Crippen molar-refractivity contribution in [3.05, 3.63) is 0 Å². The zero-order valence-electron chi connectivity index (χ0n) is 8.10. The molecular formula is C9H17Cl2IO. The van der Waals surface area contributed by atoms with Crippen LogP contribution in [0.4, 0.5) is 0 Å². The lowest BCUT2D eigenvalue weighted by molar-refractivity contribution is 0.00967. The minimum absolute atomic E-state index is 0.0846. The molecule has 0 aliphatic heterocycles. The quantitative estimate of drug-likeness (QED) is 0.506. The van der Waals surface area contributed by atoms with Gasteiger partial charge < -0.3 is 4.74 Å². The van der Waals surface area contributed by atoms with Gasteiger partial charge >= 0.3 is 0 Å². The summed E-state index contributed by atoms with van der Waals surface area (Å²) in [5.41, 5.74) is 0. The molecule has 0 aromatic carbocycles. The van der Waals surface area contributed by atoms with Gasteiger partial charge in [0, 0.05) is 11.8 Å². The molecule has 0 aliphatic carbocycles. The highest BCUT2D eigenvalue weighted by Crippen LogP contribution is 2.17. The zero-order chi connectivity index (χ0) is 10.3. The van der Waals surface area contributed by atoms with Crippen molar-refractivity contribution in [2.75, 3.05) is 11.8 Å². The third-order valence-corrected chi connectivity index (χ3v) is 4.21. The molecule has 0 amide bonds. The lowest BCUT2D eigenvalue weighted by Crippen LogP contribution is -2.31. The molecule has 0 saturated heterocycles. The van der Waals surface area contributed by atoms with Crippen LogP contribution >= 0.6 is 45.8 Å². The molecule has 0 saturated carbocycles. The van der Waals surface area contributed by atoms with Crippen LogP contribution in [0.2, 0.25) is 0 Å². The number of rotatable bonds is 7. The first-order chi connectivity index (χ1) is 6.15. The van der Waals surface area contributed by atoms with Crippen LogP contribution in [-0.4, -0.2) is 27.9 Å². The van der Waals surface area contributed by atoms with Gasteiger partial charge in [-0.05, 0) is 13.3 Å². The average molecular weight is 339 g/mol. The topological polar surface area (TPSA) is 9.23 Å². The fourth-order valence-corrected chi connectivity index (χ4v) is 2.30. The first-order valence-electron chi connectivity index (χ1n) is 4.57. The number of hydrogen-bond acceptors (Lipinski definition) is 1. The third-order valence-electron chi connectivity index (χ3n) is 1.81. The van der Waals surface area contributed by atoms with Crippen molar-refractivity contribution in [2.24, 2.45) is 0 Å². The van der Waals surface area contributed by atoms with Crippen LogP contribution in [-0.2, 0) is 4.74 Å². The minimum atomic E-state index is 0.0846. The van der Waals surface area contributed by atoms with Gasteiger partial charge in [0.1, 0.15) is 0 Å². The molecule has 1 nitrogen and oxygen atoms in total. The molecule has 0 spiro atoms. The molecule has 0 rings (SSSR count). The molecule has 0 heterocycles. The van der Waals surface area contributed by atoms with Gasteiger partial charge in [0.2, 0.25) is 0 Å². The van der Waals surface area contributed by atoms with E-state index in [2.05, 4.69) is 36.4 Å². The molecule has 0 aromatic rings. The Kier molecular flexibility index (Phi) is 9.41. The lowest BCUT2D eigenvalue weighted by atomic mass is 10.2. The maximum absolute atomic E-state index is 5.80. The van der Waals surface area contributed by atoms with Gasteiger partial charge in [-0.2, -0.15) is 0 Å². The summed E-state index contributed by atoms with van der Waals surface area (Å²) < 4.78 is 6.07. The number of alkyl halides is 3. The van der Waals surface area contributed by atoms with Crippen LogP contribution in [0.5, 0.6) is 0 Å². The summed E-state index contributed by atoms with van der Waals surface area (Å²) in [5, 5.41) is 0. The van der Waals surface area contributed by atoms with Crippen LogP contribution in [0.25, 0.3) is 0 Å². The number of ether oxygens (including phenoxy) is 1. The maximum Gasteiger partial charge on any atom is 0.0842 e. The smallest absolute Gasteiger partial charge is 0.0842 e. The highest BCUT2D eigenvalue weighted by Gasteiger charge is 2.19. The molecule has 0 aromatic heterocycles. The first-order valence-corrected chi connectivity index (χ1v) is 6.88. The lowest BCUT2D eigenvalue weighted by Gasteiger charge is -2.23. The Hall–Kier alpha value is 1.27. The monoisotopic (exact) mass is 338 g/mol. The standard InChI is InChI=1S/C9H17Cl2IO/c1-3-4-7(2)13-9(6-11)8(12)5-10/h7-9H,3-6H2,1-2H3. The minimum Gasteiger partial charge on any atom is -0.373 e. The van der Waals surface area contributed by atoms with Crippen LogP contribution in [0.1, 0.15) is 26.7 Å². The van der Waals surface area contributed by atoms with E-state index < -0.39 is 0 Å². The third kappa shape index (κ3) is 6.37. The second kappa shape index (κ2) is 8.57. The summed E-state index contributed by atoms with van der Waals surface area (Å²) in [7, 11) is 0. The van der Waals surface area contributed by atoms with Crippen molar-refractivity contribution < 1.29 is 4.74 Å². The van der Waals surface area contributed by atoms with Crippen LogP contribution in [0.3, 0.4) is 0 Å². The summed E-state index contributed by atoms with van der Waals surface area (Å²) in [6, 6.07) is 0. The summed E-state index contributed by atoms with van der Waals surface area (Å²) >= 11 is 13.8. The van der Waals surface area contributed by atoms with Crippen molar-refractivity contribution >= 4 is 45.8 Å². The van der Waals surface area contributed by atoms with E-state index in [-0.39, 0.29) is 12.2 Å². The normalized spacial score (nSPS) is 18.2. The summed E-state index contributed by atoms with van der Waals surface area (Å²) in [5.74, 6) is 1.12. The second-order valence-electron chi connectivity index (χ2n) is 3.10. The molecule has 0 fully saturated rings. The van der Waals surface area contributed by atoms with Gasteiger partial charge in [-0.25, -0.2) is 0 Å². The molecule has 3 unspecified atom stereocenters. The second-order valence-corrected chi connectivity index (χ2v) is 5.32. The molecule has 13 heavy (non-hydrogen) atoms. The van der Waals surface area contributed by atoms with E-state index in [1.165, 1.54) is 0 Å². The molecule has 3 atom stereocenters. The molecule has 0 N–H and O–H groups in total. The van der Waals surface area contributed by atoms with Crippen molar-refractivity contribution in [1.29, 1.82) is 0 Å². The van der Waals surface area contributed by atoms with E-state index in [9.17, 15) is 0 Å². The molecule has 4 heteroatoms. The number of halogens is 3. The van der Waals surface area contributed by atoms with Crippen LogP contribution in [0.15, 0.2) is 0 Å². The highest BCUT2D eigenvalue weighted by atomic mass is 127. The summed E-state index contributed by atoms with van der Waals surface area (Å²) in [4.78, 5) is 0. The van der Waals surface area contributed by atoms with Crippen molar-refractivity contribution in [2.45, 2.75) is 42.8 Å². The molecule has 0 aliphatic rings. The van der Waals surface area contributed by atoms with Gasteiger partial charge in [-0.1, -0.05) is 35.9 Å². The van der Waals surface area contributed by atoms with E-state index in [4.69, 9.17) is 27.9 Å².